The van der Waals surface area contributed by atoms with Crippen molar-refractivity contribution in [2.45, 2.75) is 38.9 Å². The predicted molar refractivity (Wildman–Crippen MR) is 58.6 cm³/mol. The highest BCUT2D eigenvalue weighted by molar-refractivity contribution is 4.70. The molecule has 1 aromatic heterocycles. The molecule has 0 amide bonds. The molecule has 86 valence electrons. The van der Waals surface area contributed by atoms with Gasteiger partial charge < -0.3 is 14.6 Å². The molecule has 2 atom stereocenters. The summed E-state index contributed by atoms with van der Waals surface area (Å²) in [4.78, 5) is 0. The molecule has 1 N–H and O–H groups in total. The van der Waals surface area contributed by atoms with Gasteiger partial charge in [0.2, 0.25) is 0 Å². The van der Waals surface area contributed by atoms with Crippen LogP contribution in [0.15, 0.2) is 12.7 Å². The van der Waals surface area contributed by atoms with E-state index in [0.717, 1.165) is 19.6 Å². The van der Waals surface area contributed by atoms with Crippen LogP contribution in [-0.4, -0.2) is 40.6 Å². The summed E-state index contributed by atoms with van der Waals surface area (Å²) in [5.74, 6) is 0. The second-order valence-electron chi connectivity index (χ2n) is 3.91. The smallest absolute Gasteiger partial charge is 0.119 e. The molecule has 1 aromatic rings. The molecule has 1 heterocycles. The SMILES string of the molecule is COCCC(C)NC(C)Cn1cnnc1. The van der Waals surface area contributed by atoms with Crippen LogP contribution in [0, 0.1) is 0 Å². The van der Waals surface area contributed by atoms with E-state index in [4.69, 9.17) is 4.74 Å². The number of hydrogen-bond acceptors (Lipinski definition) is 4. The Morgan fingerprint density at radius 3 is 2.53 bits per heavy atom. The lowest BCUT2D eigenvalue weighted by atomic mass is 10.2. The molecular formula is C10H20N4O. The fourth-order valence-electron chi connectivity index (χ4n) is 1.55. The third-order valence-electron chi connectivity index (χ3n) is 2.28. The topological polar surface area (TPSA) is 52.0 Å². The first-order chi connectivity index (χ1) is 7.22. The van der Waals surface area contributed by atoms with Crippen LogP contribution in [0.25, 0.3) is 0 Å². The van der Waals surface area contributed by atoms with E-state index in [1.54, 1.807) is 19.8 Å². The summed E-state index contributed by atoms with van der Waals surface area (Å²) in [7, 11) is 1.73. The zero-order valence-corrected chi connectivity index (χ0v) is 9.68. The van der Waals surface area contributed by atoms with E-state index in [9.17, 15) is 0 Å². The van der Waals surface area contributed by atoms with Crippen molar-refractivity contribution in [3.05, 3.63) is 12.7 Å². The van der Waals surface area contributed by atoms with Gasteiger partial charge in [0.25, 0.3) is 0 Å². The number of nitrogens with zero attached hydrogens (tertiary/aromatic N) is 3. The van der Waals surface area contributed by atoms with E-state index >= 15 is 0 Å². The minimum Gasteiger partial charge on any atom is -0.385 e. The Morgan fingerprint density at radius 1 is 1.27 bits per heavy atom. The molecule has 0 saturated heterocycles. The van der Waals surface area contributed by atoms with Crippen molar-refractivity contribution in [2.24, 2.45) is 0 Å². The number of methoxy groups -OCH3 is 1. The van der Waals surface area contributed by atoms with Crippen molar-refractivity contribution < 1.29 is 4.74 Å². The lowest BCUT2D eigenvalue weighted by molar-refractivity contribution is 0.182. The van der Waals surface area contributed by atoms with Crippen LogP contribution < -0.4 is 5.32 Å². The summed E-state index contributed by atoms with van der Waals surface area (Å²) in [6, 6.07) is 0.879. The van der Waals surface area contributed by atoms with Gasteiger partial charge in [0, 0.05) is 32.3 Å². The molecule has 0 bridgehead atoms. The minimum atomic E-state index is 0.410. The molecule has 0 spiro atoms. The average molecular weight is 212 g/mol. The van der Waals surface area contributed by atoms with E-state index in [1.807, 2.05) is 4.57 Å². The zero-order chi connectivity index (χ0) is 11.1. The highest BCUT2D eigenvalue weighted by Gasteiger charge is 2.07. The van der Waals surface area contributed by atoms with Gasteiger partial charge in [-0.3, -0.25) is 0 Å². The normalized spacial score (nSPS) is 15.1. The lowest BCUT2D eigenvalue weighted by Crippen LogP contribution is -2.37. The fourth-order valence-corrected chi connectivity index (χ4v) is 1.55. The van der Waals surface area contributed by atoms with Gasteiger partial charge in [-0.05, 0) is 20.3 Å². The molecule has 0 radical (unpaired) electrons. The number of nitrogens with one attached hydrogen (secondary N) is 1. The standard InChI is InChI=1S/C10H20N4O/c1-9(4-5-15-3)13-10(2)6-14-7-11-12-8-14/h7-10,13H,4-6H2,1-3H3. The highest BCUT2D eigenvalue weighted by atomic mass is 16.5. The van der Waals surface area contributed by atoms with Crippen molar-refractivity contribution in [3.63, 3.8) is 0 Å². The first-order valence-electron chi connectivity index (χ1n) is 5.29. The van der Waals surface area contributed by atoms with Gasteiger partial charge in [0.15, 0.2) is 0 Å². The largest absolute Gasteiger partial charge is 0.385 e. The van der Waals surface area contributed by atoms with Crippen molar-refractivity contribution in [1.82, 2.24) is 20.1 Å². The number of hydrogen-bond donors (Lipinski definition) is 1. The summed E-state index contributed by atoms with van der Waals surface area (Å²) in [6.45, 7) is 6.02. The molecule has 0 saturated carbocycles. The summed E-state index contributed by atoms with van der Waals surface area (Å²) in [5.41, 5.74) is 0. The van der Waals surface area contributed by atoms with Gasteiger partial charge in [0.1, 0.15) is 12.7 Å². The van der Waals surface area contributed by atoms with Crippen molar-refractivity contribution in [3.8, 4) is 0 Å². The van der Waals surface area contributed by atoms with Crippen molar-refractivity contribution in [1.29, 1.82) is 0 Å². The average Bonchev–Trinajstić information content (AvgIpc) is 2.67. The van der Waals surface area contributed by atoms with E-state index in [1.165, 1.54) is 0 Å². The van der Waals surface area contributed by atoms with Crippen LogP contribution in [0.2, 0.25) is 0 Å². The minimum absolute atomic E-state index is 0.410. The Bertz CT molecular complexity index is 250. The summed E-state index contributed by atoms with van der Waals surface area (Å²) in [6.07, 6.45) is 4.50. The Hall–Kier alpha value is -0.940. The maximum Gasteiger partial charge on any atom is 0.119 e. The molecule has 0 aliphatic heterocycles. The first-order valence-corrected chi connectivity index (χ1v) is 5.29. The van der Waals surface area contributed by atoms with E-state index in [-0.39, 0.29) is 0 Å². The summed E-state index contributed by atoms with van der Waals surface area (Å²) >= 11 is 0. The molecule has 5 nitrogen and oxygen atoms in total. The quantitative estimate of drug-likeness (QED) is 0.722. The van der Waals surface area contributed by atoms with Gasteiger partial charge in [0.05, 0.1) is 0 Å². The van der Waals surface area contributed by atoms with Crippen LogP contribution in [0.1, 0.15) is 20.3 Å². The van der Waals surface area contributed by atoms with Gasteiger partial charge in [-0.2, -0.15) is 0 Å². The lowest BCUT2D eigenvalue weighted by Gasteiger charge is -2.19. The van der Waals surface area contributed by atoms with E-state index < -0.39 is 0 Å². The molecule has 2 unspecified atom stereocenters. The van der Waals surface area contributed by atoms with Gasteiger partial charge >= 0.3 is 0 Å². The highest BCUT2D eigenvalue weighted by Crippen LogP contribution is 1.96. The second-order valence-corrected chi connectivity index (χ2v) is 3.91. The second kappa shape index (κ2) is 6.53. The summed E-state index contributed by atoms with van der Waals surface area (Å²) < 4.78 is 7.01. The van der Waals surface area contributed by atoms with Gasteiger partial charge in [-0.1, -0.05) is 0 Å². The molecule has 0 fully saturated rings. The van der Waals surface area contributed by atoms with Crippen LogP contribution in [0.3, 0.4) is 0 Å². The van der Waals surface area contributed by atoms with Gasteiger partial charge in [-0.15, -0.1) is 10.2 Å². The Labute approximate surface area is 90.8 Å². The molecule has 0 aromatic carbocycles. The number of rotatable bonds is 7. The maximum atomic E-state index is 5.03. The molecular weight excluding hydrogens is 192 g/mol. The number of ether oxygens (including phenoxy) is 1. The molecule has 5 heteroatoms. The fraction of sp³-hybridized carbons (Fsp3) is 0.800. The Balaban J connectivity index is 2.20. The van der Waals surface area contributed by atoms with Crippen molar-refractivity contribution >= 4 is 0 Å². The van der Waals surface area contributed by atoms with Gasteiger partial charge in [-0.25, -0.2) is 0 Å². The van der Waals surface area contributed by atoms with E-state index in [2.05, 4.69) is 29.4 Å². The predicted octanol–water partition coefficient (Wildman–Crippen LogP) is 0.681. The summed E-state index contributed by atoms with van der Waals surface area (Å²) in [5, 5.41) is 11.0. The number of aromatic nitrogens is 3. The maximum absolute atomic E-state index is 5.03. The zero-order valence-electron chi connectivity index (χ0n) is 9.68. The van der Waals surface area contributed by atoms with Crippen LogP contribution in [0.4, 0.5) is 0 Å². The molecule has 1 rings (SSSR count). The van der Waals surface area contributed by atoms with Crippen LogP contribution >= 0.6 is 0 Å². The Kier molecular flexibility index (Phi) is 5.28. The van der Waals surface area contributed by atoms with Crippen LogP contribution in [-0.2, 0) is 11.3 Å². The molecule has 0 aliphatic rings. The van der Waals surface area contributed by atoms with E-state index in [0.29, 0.717) is 12.1 Å². The monoisotopic (exact) mass is 212 g/mol. The van der Waals surface area contributed by atoms with Crippen LogP contribution in [0.5, 0.6) is 0 Å². The Morgan fingerprint density at radius 2 is 1.93 bits per heavy atom. The third-order valence-corrected chi connectivity index (χ3v) is 2.28. The third kappa shape index (κ3) is 4.90. The van der Waals surface area contributed by atoms with Crippen molar-refractivity contribution in [2.75, 3.05) is 13.7 Å². The first kappa shape index (κ1) is 12.1. The molecule has 15 heavy (non-hydrogen) atoms. The molecule has 0 aliphatic carbocycles.